The summed E-state index contributed by atoms with van der Waals surface area (Å²) in [6, 6.07) is 4.09. The Bertz CT molecular complexity index is 709. The third-order valence-corrected chi connectivity index (χ3v) is 4.04. The van der Waals surface area contributed by atoms with Crippen molar-refractivity contribution in [2.75, 3.05) is 38.1 Å². The minimum absolute atomic E-state index is 0.108. The molecule has 1 N–H and O–H groups in total. The number of halogens is 1. The highest BCUT2D eigenvalue weighted by molar-refractivity contribution is 6.37. The van der Waals surface area contributed by atoms with Crippen LogP contribution in [-0.2, 0) is 9.59 Å². The van der Waals surface area contributed by atoms with E-state index in [0.29, 0.717) is 13.1 Å². The normalized spacial score (nSPS) is 21.4. The second kappa shape index (κ2) is 6.40. The first-order valence-corrected chi connectivity index (χ1v) is 7.55. The summed E-state index contributed by atoms with van der Waals surface area (Å²) in [6.45, 7) is 3.01. The topological polar surface area (TPSA) is 73.0 Å². The van der Waals surface area contributed by atoms with Gasteiger partial charge >= 0.3 is 6.03 Å². The lowest BCUT2D eigenvalue weighted by Gasteiger charge is -2.33. The zero-order chi connectivity index (χ0) is 17.3. The third-order valence-electron chi connectivity index (χ3n) is 4.04. The predicted octanol–water partition coefficient (Wildman–Crippen LogP) is 0.540. The van der Waals surface area contributed by atoms with Gasteiger partial charge in [0.25, 0.3) is 11.8 Å². The lowest BCUT2D eigenvalue weighted by atomic mass is 10.1. The highest BCUT2D eigenvalue weighted by Crippen LogP contribution is 2.21. The number of likely N-dealkylation sites (N-methyl/N-ethyl adjacent to an activating group) is 1. The Hall–Kier alpha value is -2.74. The van der Waals surface area contributed by atoms with E-state index in [-0.39, 0.29) is 11.3 Å². The van der Waals surface area contributed by atoms with Crippen molar-refractivity contribution in [1.82, 2.24) is 15.1 Å². The van der Waals surface area contributed by atoms with Gasteiger partial charge in [-0.15, -0.1) is 0 Å². The molecule has 3 rings (SSSR count). The summed E-state index contributed by atoms with van der Waals surface area (Å²) >= 11 is 0. The van der Waals surface area contributed by atoms with Crippen LogP contribution in [0.2, 0.25) is 0 Å². The first-order chi connectivity index (χ1) is 11.5. The fraction of sp³-hybridized carbons (Fsp3) is 0.312. The first-order valence-electron chi connectivity index (χ1n) is 7.55. The number of rotatable bonds is 2. The molecule has 0 radical (unpaired) electrons. The summed E-state index contributed by atoms with van der Waals surface area (Å²) in [5, 5.41) is 2.15. The summed E-state index contributed by atoms with van der Waals surface area (Å²) in [4.78, 5) is 41.5. The highest BCUT2D eigenvalue weighted by Gasteiger charge is 2.37. The molecule has 126 valence electrons. The van der Waals surface area contributed by atoms with E-state index in [2.05, 4.69) is 10.2 Å². The number of nitrogens with zero attached hydrogens (tertiary/aromatic N) is 3. The van der Waals surface area contributed by atoms with E-state index in [9.17, 15) is 18.8 Å². The summed E-state index contributed by atoms with van der Waals surface area (Å²) in [7, 11) is 2.00. The van der Waals surface area contributed by atoms with E-state index >= 15 is 0 Å². The molecule has 24 heavy (non-hydrogen) atoms. The molecule has 7 nitrogen and oxygen atoms in total. The number of carbonyl (C=O) groups excluding carboxylic acids is 3. The Labute approximate surface area is 138 Å². The summed E-state index contributed by atoms with van der Waals surface area (Å²) in [5.41, 5.74) is 0.0964. The molecule has 2 fully saturated rings. The number of nitrogens with one attached hydrogen (secondary N) is 1. The molecule has 2 heterocycles. The molecule has 2 saturated heterocycles. The van der Waals surface area contributed by atoms with Gasteiger partial charge in [0, 0.05) is 32.4 Å². The summed E-state index contributed by atoms with van der Waals surface area (Å²) in [5.74, 6) is -1.91. The number of amides is 4. The molecule has 2 aliphatic heterocycles. The maximum atomic E-state index is 13.0. The monoisotopic (exact) mass is 332 g/mol. The van der Waals surface area contributed by atoms with E-state index in [4.69, 9.17) is 0 Å². The van der Waals surface area contributed by atoms with Crippen LogP contribution in [0.25, 0.3) is 0 Å². The van der Waals surface area contributed by atoms with Crippen molar-refractivity contribution in [2.24, 2.45) is 0 Å². The SMILES string of the molecule is CN1CCN(C=C2C(=O)NC(=O)N(c3ccc(F)cc3)C2=O)CC1. The van der Waals surface area contributed by atoms with Crippen LogP contribution in [0.4, 0.5) is 14.9 Å². The van der Waals surface area contributed by atoms with Crippen molar-refractivity contribution < 1.29 is 18.8 Å². The molecule has 8 heteroatoms. The Morgan fingerprint density at radius 3 is 2.29 bits per heavy atom. The average Bonchev–Trinajstić information content (AvgIpc) is 2.55. The number of urea groups is 1. The molecular formula is C16H17FN4O3. The molecule has 0 bridgehead atoms. The zero-order valence-corrected chi connectivity index (χ0v) is 13.2. The Morgan fingerprint density at radius 2 is 1.67 bits per heavy atom. The molecule has 0 saturated carbocycles. The number of hydrogen-bond donors (Lipinski definition) is 1. The summed E-state index contributed by atoms with van der Waals surface area (Å²) in [6.07, 6.45) is 1.49. The Balaban J connectivity index is 1.87. The Kier molecular flexibility index (Phi) is 4.30. The van der Waals surface area contributed by atoms with E-state index in [1.807, 2.05) is 11.9 Å². The van der Waals surface area contributed by atoms with Crippen LogP contribution in [0.15, 0.2) is 36.0 Å². The molecule has 0 spiro atoms. The largest absolute Gasteiger partial charge is 0.374 e. The van der Waals surface area contributed by atoms with E-state index in [0.717, 1.165) is 30.1 Å². The maximum absolute atomic E-state index is 13.0. The van der Waals surface area contributed by atoms with Crippen molar-refractivity contribution >= 4 is 23.5 Å². The van der Waals surface area contributed by atoms with Crippen LogP contribution in [0, 0.1) is 5.82 Å². The molecule has 2 aliphatic rings. The second-order valence-corrected chi connectivity index (χ2v) is 5.76. The second-order valence-electron chi connectivity index (χ2n) is 5.76. The number of imide groups is 2. The van der Waals surface area contributed by atoms with Gasteiger partial charge in [-0.3, -0.25) is 14.9 Å². The van der Waals surface area contributed by atoms with Crippen molar-refractivity contribution in [3.05, 3.63) is 41.9 Å². The van der Waals surface area contributed by atoms with E-state index < -0.39 is 23.7 Å². The molecular weight excluding hydrogens is 315 g/mol. The standard InChI is InChI=1S/C16H17FN4O3/c1-19-6-8-20(9-7-19)10-13-14(22)18-16(24)21(15(13)23)12-4-2-11(17)3-5-12/h2-5,10H,6-9H2,1H3,(H,18,22,24). The van der Waals surface area contributed by atoms with Gasteiger partial charge in [0.1, 0.15) is 11.4 Å². The van der Waals surface area contributed by atoms with Gasteiger partial charge in [-0.25, -0.2) is 14.1 Å². The van der Waals surface area contributed by atoms with Crippen molar-refractivity contribution in [1.29, 1.82) is 0 Å². The molecule has 1 aromatic carbocycles. The minimum Gasteiger partial charge on any atom is -0.374 e. The van der Waals surface area contributed by atoms with Gasteiger partial charge in [-0.05, 0) is 31.3 Å². The Morgan fingerprint density at radius 1 is 1.04 bits per heavy atom. The first kappa shape index (κ1) is 16.1. The number of barbiturate groups is 1. The van der Waals surface area contributed by atoms with Crippen LogP contribution < -0.4 is 10.2 Å². The lowest BCUT2D eigenvalue weighted by Crippen LogP contribution is -2.55. The molecule has 4 amide bonds. The summed E-state index contributed by atoms with van der Waals surface area (Å²) < 4.78 is 13.0. The van der Waals surface area contributed by atoms with Crippen LogP contribution in [0.3, 0.4) is 0 Å². The zero-order valence-electron chi connectivity index (χ0n) is 13.2. The minimum atomic E-state index is -0.841. The van der Waals surface area contributed by atoms with Crippen molar-refractivity contribution in [3.8, 4) is 0 Å². The number of anilines is 1. The van der Waals surface area contributed by atoms with Crippen LogP contribution in [-0.4, -0.2) is 60.9 Å². The van der Waals surface area contributed by atoms with Crippen LogP contribution >= 0.6 is 0 Å². The predicted molar refractivity (Wildman–Crippen MR) is 84.6 cm³/mol. The van der Waals surface area contributed by atoms with Crippen LogP contribution in [0.5, 0.6) is 0 Å². The molecule has 1 aromatic rings. The van der Waals surface area contributed by atoms with Crippen molar-refractivity contribution in [3.63, 3.8) is 0 Å². The quantitative estimate of drug-likeness (QED) is 0.632. The average molecular weight is 332 g/mol. The number of piperazine rings is 1. The third kappa shape index (κ3) is 3.13. The van der Waals surface area contributed by atoms with E-state index in [1.165, 1.54) is 18.3 Å². The smallest absolute Gasteiger partial charge is 0.335 e. The fourth-order valence-corrected chi connectivity index (χ4v) is 2.60. The van der Waals surface area contributed by atoms with Gasteiger partial charge in [0.2, 0.25) is 0 Å². The number of carbonyl (C=O) groups is 3. The number of benzene rings is 1. The van der Waals surface area contributed by atoms with Gasteiger partial charge in [-0.2, -0.15) is 0 Å². The maximum Gasteiger partial charge on any atom is 0.335 e. The van der Waals surface area contributed by atoms with Gasteiger partial charge in [0.15, 0.2) is 0 Å². The van der Waals surface area contributed by atoms with E-state index in [1.54, 1.807) is 0 Å². The molecule has 0 atom stereocenters. The number of hydrogen-bond acceptors (Lipinski definition) is 5. The molecule has 0 unspecified atom stereocenters. The van der Waals surface area contributed by atoms with Crippen molar-refractivity contribution in [2.45, 2.75) is 0 Å². The van der Waals surface area contributed by atoms with Crippen LogP contribution in [0.1, 0.15) is 0 Å². The lowest BCUT2D eigenvalue weighted by molar-refractivity contribution is -0.122. The van der Waals surface area contributed by atoms with Gasteiger partial charge < -0.3 is 9.80 Å². The van der Waals surface area contributed by atoms with Gasteiger partial charge in [-0.1, -0.05) is 0 Å². The van der Waals surface area contributed by atoms with Gasteiger partial charge in [0.05, 0.1) is 5.69 Å². The molecule has 0 aliphatic carbocycles. The fourth-order valence-electron chi connectivity index (χ4n) is 2.60. The molecule has 0 aromatic heterocycles. The highest BCUT2D eigenvalue weighted by atomic mass is 19.1.